The van der Waals surface area contributed by atoms with Crippen molar-refractivity contribution in [3.8, 4) is 0 Å². The minimum absolute atomic E-state index is 0.0629. The Labute approximate surface area is 176 Å². The smallest absolute Gasteiger partial charge is 0.475 e. The Hall–Kier alpha value is -2.86. The summed E-state index contributed by atoms with van der Waals surface area (Å²) in [5.74, 6) is -0.716. The van der Waals surface area contributed by atoms with Crippen LogP contribution in [0.1, 0.15) is 27.8 Å². The van der Waals surface area contributed by atoms with Crippen molar-refractivity contribution >= 4 is 11.9 Å². The van der Waals surface area contributed by atoms with Gasteiger partial charge >= 0.3 is 12.1 Å². The number of halogens is 3. The number of hydrogen-bond acceptors (Lipinski definition) is 6. The standard InChI is InChI=1S/C17H22N4O3.C2HF3O2/c1-13-2-3-15(24-13)17(22)21-5-4-20-11-14(18-16(20)12-21)10-19-6-8-23-9-7-19;3-2(4,5)1(6)7/h2-3,11H,4-10,12H2,1H3;(H,6,7). The van der Waals surface area contributed by atoms with Crippen LogP contribution >= 0.6 is 0 Å². The van der Waals surface area contributed by atoms with Crippen molar-refractivity contribution in [2.45, 2.75) is 32.7 Å². The van der Waals surface area contributed by atoms with Crippen LogP contribution in [0.2, 0.25) is 0 Å². The third-order valence-corrected chi connectivity index (χ3v) is 4.82. The van der Waals surface area contributed by atoms with Gasteiger partial charge < -0.3 is 23.7 Å². The lowest BCUT2D eigenvalue weighted by Crippen LogP contribution is -2.38. The predicted molar refractivity (Wildman–Crippen MR) is 100 cm³/mol. The molecule has 0 atom stereocenters. The fourth-order valence-corrected chi connectivity index (χ4v) is 3.25. The molecule has 0 aliphatic carbocycles. The molecule has 1 fully saturated rings. The number of aliphatic carboxylic acids is 1. The van der Waals surface area contributed by atoms with Gasteiger partial charge in [0.2, 0.25) is 0 Å². The van der Waals surface area contributed by atoms with Crippen LogP contribution in [0.25, 0.3) is 0 Å². The molecule has 4 rings (SSSR count). The second-order valence-corrected chi connectivity index (χ2v) is 7.17. The largest absolute Gasteiger partial charge is 0.490 e. The van der Waals surface area contributed by atoms with Crippen LogP contribution in [0.4, 0.5) is 13.2 Å². The molecule has 2 aromatic rings. The average Bonchev–Trinajstić information content (AvgIpc) is 3.33. The number of morpholine rings is 1. The number of rotatable bonds is 3. The molecule has 0 radical (unpaired) electrons. The second-order valence-electron chi connectivity index (χ2n) is 7.17. The molecule has 0 unspecified atom stereocenters. The SMILES string of the molecule is Cc1ccc(C(=O)N2CCn3cc(CN4CCOCC4)nc3C2)o1.O=C(O)C(F)(F)F. The van der Waals surface area contributed by atoms with Gasteiger partial charge in [-0.2, -0.15) is 13.2 Å². The minimum atomic E-state index is -5.08. The Morgan fingerprint density at radius 3 is 2.42 bits per heavy atom. The van der Waals surface area contributed by atoms with E-state index in [-0.39, 0.29) is 5.91 Å². The molecule has 2 aromatic heterocycles. The number of fused-ring (bicyclic) bond motifs is 1. The molecule has 1 saturated heterocycles. The first-order valence-corrected chi connectivity index (χ1v) is 9.64. The molecule has 170 valence electrons. The van der Waals surface area contributed by atoms with Crippen LogP contribution in [-0.4, -0.2) is 75.4 Å². The van der Waals surface area contributed by atoms with E-state index in [1.807, 2.05) is 13.0 Å². The Balaban J connectivity index is 0.000000339. The summed E-state index contributed by atoms with van der Waals surface area (Å²) in [5, 5.41) is 7.12. The molecule has 0 saturated carbocycles. The van der Waals surface area contributed by atoms with E-state index in [1.54, 1.807) is 11.0 Å². The lowest BCUT2D eigenvalue weighted by Gasteiger charge is -2.26. The Kier molecular flexibility index (Phi) is 7.01. The zero-order valence-corrected chi connectivity index (χ0v) is 16.9. The van der Waals surface area contributed by atoms with Gasteiger partial charge in [-0.3, -0.25) is 9.69 Å². The van der Waals surface area contributed by atoms with Gasteiger partial charge in [-0.05, 0) is 19.1 Å². The summed E-state index contributed by atoms with van der Waals surface area (Å²) < 4.78 is 44.7. The van der Waals surface area contributed by atoms with Crippen LogP contribution in [0.5, 0.6) is 0 Å². The number of alkyl halides is 3. The molecule has 0 bridgehead atoms. The van der Waals surface area contributed by atoms with Gasteiger partial charge in [0, 0.05) is 38.9 Å². The maximum Gasteiger partial charge on any atom is 0.490 e. The van der Waals surface area contributed by atoms with E-state index in [0.29, 0.717) is 18.8 Å². The van der Waals surface area contributed by atoms with Gasteiger partial charge in [0.05, 0.1) is 25.5 Å². The van der Waals surface area contributed by atoms with Gasteiger partial charge in [-0.25, -0.2) is 9.78 Å². The zero-order chi connectivity index (χ0) is 22.6. The number of carbonyl (C=O) groups is 2. The van der Waals surface area contributed by atoms with Gasteiger partial charge in [-0.15, -0.1) is 0 Å². The first kappa shape index (κ1) is 22.8. The molecular weight excluding hydrogens is 421 g/mol. The predicted octanol–water partition coefficient (Wildman–Crippen LogP) is 1.91. The molecule has 12 heteroatoms. The van der Waals surface area contributed by atoms with E-state index in [9.17, 15) is 18.0 Å². The van der Waals surface area contributed by atoms with E-state index in [0.717, 1.165) is 56.7 Å². The van der Waals surface area contributed by atoms with Gasteiger partial charge in [0.1, 0.15) is 11.6 Å². The van der Waals surface area contributed by atoms with Crippen LogP contribution in [0, 0.1) is 6.92 Å². The van der Waals surface area contributed by atoms with Gasteiger partial charge in [0.25, 0.3) is 5.91 Å². The zero-order valence-electron chi connectivity index (χ0n) is 16.9. The highest BCUT2D eigenvalue weighted by molar-refractivity contribution is 5.91. The number of carboxylic acid groups (broad SMARTS) is 1. The average molecular weight is 444 g/mol. The summed E-state index contributed by atoms with van der Waals surface area (Å²) in [6.45, 7) is 8.15. The molecule has 31 heavy (non-hydrogen) atoms. The number of aromatic nitrogens is 2. The van der Waals surface area contributed by atoms with Crippen molar-refractivity contribution < 1.29 is 37.0 Å². The Bertz CT molecular complexity index is 918. The number of aryl methyl sites for hydroxylation is 1. The normalized spacial score (nSPS) is 17.0. The Morgan fingerprint density at radius 2 is 1.84 bits per heavy atom. The summed E-state index contributed by atoms with van der Waals surface area (Å²) in [4.78, 5) is 30.3. The highest BCUT2D eigenvalue weighted by atomic mass is 19.4. The highest BCUT2D eigenvalue weighted by Gasteiger charge is 2.38. The third kappa shape index (κ3) is 6.07. The summed E-state index contributed by atoms with van der Waals surface area (Å²) >= 11 is 0. The molecule has 2 aliphatic heterocycles. The number of imidazole rings is 1. The van der Waals surface area contributed by atoms with Crippen molar-refractivity contribution in [2.24, 2.45) is 0 Å². The molecule has 0 spiro atoms. The number of furan rings is 1. The lowest BCUT2D eigenvalue weighted by atomic mass is 10.3. The van der Waals surface area contributed by atoms with Gasteiger partial charge in [0.15, 0.2) is 5.76 Å². The summed E-state index contributed by atoms with van der Waals surface area (Å²) in [6, 6.07) is 3.56. The van der Waals surface area contributed by atoms with Crippen LogP contribution in [0.3, 0.4) is 0 Å². The number of nitrogens with zero attached hydrogens (tertiary/aromatic N) is 4. The quantitative estimate of drug-likeness (QED) is 0.772. The van der Waals surface area contributed by atoms with Crippen molar-refractivity contribution in [3.63, 3.8) is 0 Å². The van der Waals surface area contributed by atoms with Crippen LogP contribution in [-0.2, 0) is 29.2 Å². The maximum absolute atomic E-state index is 12.5. The molecule has 0 aromatic carbocycles. The van der Waals surface area contributed by atoms with E-state index < -0.39 is 12.1 Å². The Morgan fingerprint density at radius 1 is 1.16 bits per heavy atom. The van der Waals surface area contributed by atoms with E-state index >= 15 is 0 Å². The van der Waals surface area contributed by atoms with Crippen molar-refractivity contribution in [1.29, 1.82) is 0 Å². The number of hydrogen-bond donors (Lipinski definition) is 1. The van der Waals surface area contributed by atoms with Crippen molar-refractivity contribution in [1.82, 2.24) is 19.4 Å². The van der Waals surface area contributed by atoms with Gasteiger partial charge in [-0.1, -0.05) is 0 Å². The number of carboxylic acids is 1. The number of carbonyl (C=O) groups excluding carboxylic acids is 1. The molecule has 4 heterocycles. The molecule has 1 amide bonds. The third-order valence-electron chi connectivity index (χ3n) is 4.82. The van der Waals surface area contributed by atoms with Crippen LogP contribution < -0.4 is 0 Å². The minimum Gasteiger partial charge on any atom is -0.475 e. The fraction of sp³-hybridized carbons (Fsp3) is 0.526. The van der Waals surface area contributed by atoms with Crippen molar-refractivity contribution in [2.75, 3.05) is 32.8 Å². The second kappa shape index (κ2) is 9.52. The number of ether oxygens (including phenoxy) is 1. The topological polar surface area (TPSA) is 101 Å². The fourth-order valence-electron chi connectivity index (χ4n) is 3.25. The maximum atomic E-state index is 12.5. The molecular formula is C19H23F3N4O5. The monoisotopic (exact) mass is 444 g/mol. The molecule has 9 nitrogen and oxygen atoms in total. The number of amides is 1. The summed E-state index contributed by atoms with van der Waals surface area (Å²) in [5.41, 5.74) is 1.06. The lowest BCUT2D eigenvalue weighted by molar-refractivity contribution is -0.192. The van der Waals surface area contributed by atoms with E-state index in [1.165, 1.54) is 0 Å². The van der Waals surface area contributed by atoms with Crippen molar-refractivity contribution in [3.05, 3.63) is 41.4 Å². The highest BCUT2D eigenvalue weighted by Crippen LogP contribution is 2.18. The first-order chi connectivity index (χ1) is 14.6. The van der Waals surface area contributed by atoms with E-state index in [2.05, 4.69) is 15.7 Å². The molecule has 1 N–H and O–H groups in total. The first-order valence-electron chi connectivity index (χ1n) is 9.64. The summed E-state index contributed by atoms with van der Waals surface area (Å²) in [7, 11) is 0. The van der Waals surface area contributed by atoms with Crippen LogP contribution in [0.15, 0.2) is 22.7 Å². The van der Waals surface area contributed by atoms with E-state index in [4.69, 9.17) is 24.0 Å². The molecule has 2 aliphatic rings. The summed E-state index contributed by atoms with van der Waals surface area (Å²) in [6.07, 6.45) is -2.97.